The van der Waals surface area contributed by atoms with Gasteiger partial charge in [0.05, 0.1) is 11.3 Å². The van der Waals surface area contributed by atoms with Crippen LogP contribution in [0.1, 0.15) is 42.6 Å². The summed E-state index contributed by atoms with van der Waals surface area (Å²) in [7, 11) is -4.20. The second-order valence-electron chi connectivity index (χ2n) is 8.45. The lowest BCUT2D eigenvalue weighted by Crippen LogP contribution is -2.37. The summed E-state index contributed by atoms with van der Waals surface area (Å²) in [4.78, 5) is 23.9. The Balaban J connectivity index is 1.75. The van der Waals surface area contributed by atoms with Crippen LogP contribution in [-0.2, 0) is 10.0 Å². The monoisotopic (exact) mass is 465 g/mol. The summed E-state index contributed by atoms with van der Waals surface area (Å²) in [5, 5.41) is -0.315. The van der Waals surface area contributed by atoms with Gasteiger partial charge in [0.15, 0.2) is 5.03 Å². The lowest BCUT2D eigenvalue weighted by atomic mass is 10.1. The number of nitrogen functional groups attached to an aromatic ring is 1. The number of pyridine rings is 2. The van der Waals surface area contributed by atoms with Crippen LogP contribution in [0.2, 0.25) is 0 Å². The van der Waals surface area contributed by atoms with E-state index in [4.69, 9.17) is 10.7 Å². The van der Waals surface area contributed by atoms with Crippen molar-refractivity contribution in [3.05, 3.63) is 65.7 Å². The predicted molar refractivity (Wildman–Crippen MR) is 128 cm³/mol. The number of anilines is 2. The summed E-state index contributed by atoms with van der Waals surface area (Å²) in [6, 6.07) is 15.9. The highest BCUT2D eigenvalue weighted by Crippen LogP contribution is 2.33. The average Bonchev–Trinajstić information content (AvgIpc) is 3.11. The Bertz CT molecular complexity index is 1280. The highest BCUT2D eigenvalue weighted by atomic mass is 32.2. The number of nitrogens with zero attached hydrogens (tertiary/aromatic N) is 3. The molecule has 172 valence electrons. The van der Waals surface area contributed by atoms with E-state index in [2.05, 4.69) is 28.5 Å². The first-order chi connectivity index (χ1) is 15.7. The molecule has 0 unspecified atom stereocenters. The van der Waals surface area contributed by atoms with Crippen molar-refractivity contribution in [2.24, 2.45) is 0 Å². The molecule has 1 amide bonds. The Morgan fingerprint density at radius 2 is 1.67 bits per heavy atom. The van der Waals surface area contributed by atoms with Gasteiger partial charge in [-0.1, -0.05) is 35.9 Å². The van der Waals surface area contributed by atoms with Gasteiger partial charge in [0, 0.05) is 17.6 Å². The molecule has 1 saturated heterocycles. The summed E-state index contributed by atoms with van der Waals surface area (Å²) in [5.74, 6) is -0.239. The molecule has 1 fully saturated rings. The Labute approximate surface area is 193 Å². The van der Waals surface area contributed by atoms with E-state index in [9.17, 15) is 13.2 Å². The zero-order chi connectivity index (χ0) is 23.8. The Morgan fingerprint density at radius 3 is 2.30 bits per heavy atom. The molecule has 3 N–H and O–H groups in total. The first-order valence-corrected chi connectivity index (χ1v) is 12.3. The maximum Gasteiger partial charge on any atom is 0.281 e. The van der Waals surface area contributed by atoms with E-state index < -0.39 is 15.9 Å². The van der Waals surface area contributed by atoms with Crippen LogP contribution < -0.4 is 15.4 Å². The predicted octanol–water partition coefficient (Wildman–Crippen LogP) is 3.53. The van der Waals surface area contributed by atoms with Crippen LogP contribution in [0, 0.1) is 6.92 Å². The Hall–Kier alpha value is -3.46. The SMILES string of the molecule is Cc1ccc(-c2ccc(C(=O)NS(=O)(=O)c3cccc(N)n3)c(N3[C@H](C)CC[C@@H]3C)n2)cc1. The molecule has 0 bridgehead atoms. The standard InChI is InChI=1S/C24H27N5O3S/c1-15-7-11-18(12-8-15)20-14-13-19(23(26-20)29-16(2)9-10-17(29)3)24(30)28-33(31,32)22-6-4-5-21(25)27-22/h4-8,11-14,16-17H,9-10H2,1-3H3,(H2,25,27)(H,28,30)/t16-,17+. The van der Waals surface area contributed by atoms with Crippen LogP contribution in [0.5, 0.6) is 0 Å². The van der Waals surface area contributed by atoms with Crippen LogP contribution in [0.4, 0.5) is 11.6 Å². The van der Waals surface area contributed by atoms with Crippen molar-refractivity contribution in [3.8, 4) is 11.3 Å². The lowest BCUT2D eigenvalue weighted by Gasteiger charge is -2.29. The van der Waals surface area contributed by atoms with Gasteiger partial charge in [0.1, 0.15) is 11.6 Å². The molecule has 8 nitrogen and oxygen atoms in total. The zero-order valence-corrected chi connectivity index (χ0v) is 19.6. The molecule has 0 spiro atoms. The summed E-state index contributed by atoms with van der Waals surface area (Å²) in [6.07, 6.45) is 1.92. The van der Waals surface area contributed by atoms with E-state index in [1.807, 2.05) is 31.2 Å². The van der Waals surface area contributed by atoms with E-state index >= 15 is 0 Å². The molecule has 1 aromatic carbocycles. The summed E-state index contributed by atoms with van der Waals surface area (Å²) < 4.78 is 27.7. The largest absolute Gasteiger partial charge is 0.384 e. The molecule has 2 aromatic heterocycles. The second-order valence-corrected chi connectivity index (χ2v) is 10.1. The van der Waals surface area contributed by atoms with Gasteiger partial charge in [0.2, 0.25) is 0 Å². The third-order valence-electron chi connectivity index (χ3n) is 5.91. The molecular weight excluding hydrogens is 438 g/mol. The fourth-order valence-electron chi connectivity index (χ4n) is 4.13. The number of amides is 1. The number of nitrogens with one attached hydrogen (secondary N) is 1. The average molecular weight is 466 g/mol. The molecule has 0 aliphatic carbocycles. The third kappa shape index (κ3) is 4.68. The Morgan fingerprint density at radius 1 is 1.00 bits per heavy atom. The topological polar surface area (TPSA) is 118 Å². The minimum absolute atomic E-state index is 0.0508. The molecule has 1 aliphatic rings. The van der Waals surface area contributed by atoms with Crippen molar-refractivity contribution >= 4 is 27.6 Å². The van der Waals surface area contributed by atoms with Crippen molar-refractivity contribution < 1.29 is 13.2 Å². The number of nitrogens with two attached hydrogens (primary N) is 1. The molecule has 4 rings (SSSR count). The first-order valence-electron chi connectivity index (χ1n) is 10.8. The molecule has 9 heteroatoms. The summed E-state index contributed by atoms with van der Waals surface area (Å²) in [6.45, 7) is 6.18. The van der Waals surface area contributed by atoms with Gasteiger partial charge in [-0.2, -0.15) is 8.42 Å². The maximum atomic E-state index is 13.2. The van der Waals surface area contributed by atoms with Crippen molar-refractivity contribution in [2.45, 2.75) is 50.7 Å². The molecule has 33 heavy (non-hydrogen) atoms. The lowest BCUT2D eigenvalue weighted by molar-refractivity contribution is 0.0981. The van der Waals surface area contributed by atoms with Gasteiger partial charge in [0.25, 0.3) is 15.9 Å². The van der Waals surface area contributed by atoms with Gasteiger partial charge < -0.3 is 10.6 Å². The smallest absolute Gasteiger partial charge is 0.281 e. The number of carbonyl (C=O) groups is 1. The van der Waals surface area contributed by atoms with Gasteiger partial charge in [-0.25, -0.2) is 14.7 Å². The number of aryl methyl sites for hydroxylation is 1. The van der Waals surface area contributed by atoms with E-state index in [-0.39, 0.29) is 28.5 Å². The van der Waals surface area contributed by atoms with Crippen molar-refractivity contribution in [3.63, 3.8) is 0 Å². The van der Waals surface area contributed by atoms with Crippen LogP contribution in [-0.4, -0.2) is 36.4 Å². The van der Waals surface area contributed by atoms with Crippen LogP contribution >= 0.6 is 0 Å². The number of hydrogen-bond donors (Lipinski definition) is 2. The number of benzene rings is 1. The van der Waals surface area contributed by atoms with E-state index in [1.165, 1.54) is 18.2 Å². The van der Waals surface area contributed by atoms with Crippen molar-refractivity contribution in [1.29, 1.82) is 0 Å². The zero-order valence-electron chi connectivity index (χ0n) is 18.8. The van der Waals surface area contributed by atoms with Crippen LogP contribution in [0.25, 0.3) is 11.3 Å². The minimum Gasteiger partial charge on any atom is -0.384 e. The summed E-state index contributed by atoms with van der Waals surface area (Å²) >= 11 is 0. The van der Waals surface area contributed by atoms with Crippen LogP contribution in [0.15, 0.2) is 59.6 Å². The number of rotatable bonds is 5. The van der Waals surface area contributed by atoms with E-state index in [0.29, 0.717) is 11.5 Å². The van der Waals surface area contributed by atoms with E-state index in [1.54, 1.807) is 12.1 Å². The Kier molecular flexibility index (Phi) is 6.07. The quantitative estimate of drug-likeness (QED) is 0.592. The fourth-order valence-corrected chi connectivity index (χ4v) is 5.07. The molecule has 3 aromatic rings. The molecule has 3 heterocycles. The second kappa shape index (κ2) is 8.82. The number of hydrogen-bond acceptors (Lipinski definition) is 7. The highest BCUT2D eigenvalue weighted by Gasteiger charge is 2.33. The fraction of sp³-hybridized carbons (Fsp3) is 0.292. The van der Waals surface area contributed by atoms with Gasteiger partial charge >= 0.3 is 0 Å². The third-order valence-corrected chi connectivity index (χ3v) is 7.14. The van der Waals surface area contributed by atoms with Gasteiger partial charge in [-0.3, -0.25) is 4.79 Å². The maximum absolute atomic E-state index is 13.2. The summed E-state index contributed by atoms with van der Waals surface area (Å²) in [5.41, 5.74) is 8.58. The first kappa shape index (κ1) is 22.7. The molecule has 1 aliphatic heterocycles. The van der Waals surface area contributed by atoms with Crippen molar-refractivity contribution in [1.82, 2.24) is 14.7 Å². The molecule has 2 atom stereocenters. The minimum atomic E-state index is -4.20. The van der Waals surface area contributed by atoms with Crippen molar-refractivity contribution in [2.75, 3.05) is 10.6 Å². The molecular formula is C24H27N5O3S. The van der Waals surface area contributed by atoms with Crippen LogP contribution in [0.3, 0.4) is 0 Å². The van der Waals surface area contributed by atoms with Gasteiger partial charge in [-0.05, 0) is 57.9 Å². The van der Waals surface area contributed by atoms with Gasteiger partial charge in [-0.15, -0.1) is 0 Å². The highest BCUT2D eigenvalue weighted by molar-refractivity contribution is 7.90. The van der Waals surface area contributed by atoms with E-state index in [0.717, 1.165) is 24.0 Å². The molecule has 0 radical (unpaired) electrons. The number of aromatic nitrogens is 2. The normalized spacial score (nSPS) is 18.3. The number of carbonyl (C=O) groups excluding carboxylic acids is 1. The number of sulfonamides is 1. The molecule has 0 saturated carbocycles.